The van der Waals surface area contributed by atoms with Gasteiger partial charge in [0, 0.05) is 44.3 Å². The van der Waals surface area contributed by atoms with E-state index in [0.29, 0.717) is 6.73 Å². The Hall–Kier alpha value is -1.63. The van der Waals surface area contributed by atoms with Gasteiger partial charge in [-0.1, -0.05) is 19.6 Å². The first-order valence-electron chi connectivity index (χ1n) is 8.11. The molecule has 2 heterocycles. The highest BCUT2D eigenvalue weighted by atomic mass is 32.1. The predicted molar refractivity (Wildman–Crippen MR) is 104 cm³/mol. The van der Waals surface area contributed by atoms with E-state index in [2.05, 4.69) is 53.7 Å². The average Bonchev–Trinajstić information content (AvgIpc) is 3.17. The van der Waals surface area contributed by atoms with Gasteiger partial charge in [-0.05, 0) is 18.2 Å². The van der Waals surface area contributed by atoms with Gasteiger partial charge < -0.3 is 14.0 Å². The highest BCUT2D eigenvalue weighted by Crippen LogP contribution is 2.35. The number of ether oxygens (including phenoxy) is 2. The van der Waals surface area contributed by atoms with E-state index >= 15 is 0 Å². The van der Waals surface area contributed by atoms with Gasteiger partial charge in [0.15, 0.2) is 0 Å². The van der Waals surface area contributed by atoms with Crippen LogP contribution >= 0.6 is 11.3 Å². The summed E-state index contributed by atoms with van der Waals surface area (Å²) in [6, 6.07) is 7.45. The van der Waals surface area contributed by atoms with E-state index in [1.165, 1.54) is 10.7 Å². The molecule has 0 aliphatic heterocycles. The molecule has 3 aromatic rings. The first kappa shape index (κ1) is 17.2. The van der Waals surface area contributed by atoms with Gasteiger partial charge in [-0.15, -0.1) is 11.3 Å². The molecule has 0 spiro atoms. The van der Waals surface area contributed by atoms with Crippen molar-refractivity contribution < 1.29 is 9.47 Å². The van der Waals surface area contributed by atoms with Crippen molar-refractivity contribution in [2.45, 2.75) is 32.4 Å². The topological polar surface area (TPSA) is 36.3 Å². The SMILES string of the molecule is COc1cc2ncsc2cc1-c1ccn(COCC[Si](C)(C)C)c1. The number of hydrogen-bond donors (Lipinski definition) is 0. The lowest BCUT2D eigenvalue weighted by molar-refractivity contribution is 0.0875. The lowest BCUT2D eigenvalue weighted by Crippen LogP contribution is -2.21. The Kier molecular flexibility index (Phi) is 5.08. The molecule has 0 aliphatic carbocycles. The summed E-state index contributed by atoms with van der Waals surface area (Å²) in [6.07, 6.45) is 4.17. The molecule has 2 aromatic heterocycles. The monoisotopic (exact) mass is 360 g/mol. The molecule has 4 nitrogen and oxygen atoms in total. The third-order valence-electron chi connectivity index (χ3n) is 3.95. The minimum atomic E-state index is -1.03. The van der Waals surface area contributed by atoms with Crippen LogP contribution in [-0.2, 0) is 11.5 Å². The maximum Gasteiger partial charge on any atom is 0.128 e. The van der Waals surface area contributed by atoms with Crippen molar-refractivity contribution in [3.63, 3.8) is 0 Å². The smallest absolute Gasteiger partial charge is 0.128 e. The second-order valence-electron chi connectivity index (χ2n) is 7.13. The highest BCUT2D eigenvalue weighted by molar-refractivity contribution is 7.16. The molecule has 0 amide bonds. The summed E-state index contributed by atoms with van der Waals surface area (Å²) in [6.45, 7) is 8.53. The zero-order chi connectivity index (χ0) is 17.2. The van der Waals surface area contributed by atoms with Gasteiger partial charge in [0.05, 0.1) is 22.8 Å². The number of nitrogens with zero attached hydrogens (tertiary/aromatic N) is 2. The first-order valence-corrected chi connectivity index (χ1v) is 12.7. The van der Waals surface area contributed by atoms with Crippen LogP contribution in [0.3, 0.4) is 0 Å². The largest absolute Gasteiger partial charge is 0.496 e. The summed E-state index contributed by atoms with van der Waals surface area (Å²) < 4.78 is 14.6. The van der Waals surface area contributed by atoms with Crippen LogP contribution in [0.4, 0.5) is 0 Å². The fraction of sp³-hybridized carbons (Fsp3) is 0.389. The zero-order valence-electron chi connectivity index (χ0n) is 14.7. The third-order valence-corrected chi connectivity index (χ3v) is 6.45. The van der Waals surface area contributed by atoms with Gasteiger partial charge >= 0.3 is 0 Å². The minimum absolute atomic E-state index is 0.593. The van der Waals surface area contributed by atoms with Crippen molar-refractivity contribution in [2.75, 3.05) is 13.7 Å². The van der Waals surface area contributed by atoms with Crippen molar-refractivity contribution in [3.8, 4) is 16.9 Å². The minimum Gasteiger partial charge on any atom is -0.496 e. The Labute approximate surface area is 148 Å². The molecular formula is C18H24N2O2SSi. The second kappa shape index (κ2) is 7.09. The van der Waals surface area contributed by atoms with Crippen LogP contribution in [0.15, 0.2) is 36.1 Å². The number of benzene rings is 1. The summed E-state index contributed by atoms with van der Waals surface area (Å²) in [5.41, 5.74) is 5.08. The van der Waals surface area contributed by atoms with Gasteiger partial charge in [-0.3, -0.25) is 0 Å². The number of rotatable bonds is 7. The van der Waals surface area contributed by atoms with Crippen LogP contribution in [0.5, 0.6) is 5.75 Å². The van der Waals surface area contributed by atoms with E-state index < -0.39 is 8.07 Å². The van der Waals surface area contributed by atoms with E-state index in [0.717, 1.165) is 29.0 Å². The number of aromatic nitrogens is 2. The van der Waals surface area contributed by atoms with Gasteiger partial charge in [0.25, 0.3) is 0 Å². The summed E-state index contributed by atoms with van der Waals surface area (Å²) in [4.78, 5) is 4.35. The van der Waals surface area contributed by atoms with Crippen molar-refractivity contribution in [1.82, 2.24) is 9.55 Å². The van der Waals surface area contributed by atoms with E-state index in [4.69, 9.17) is 9.47 Å². The van der Waals surface area contributed by atoms with Gasteiger partial charge in [0.1, 0.15) is 12.5 Å². The van der Waals surface area contributed by atoms with Gasteiger partial charge in [0.2, 0.25) is 0 Å². The summed E-state index contributed by atoms with van der Waals surface area (Å²) >= 11 is 1.65. The molecule has 0 saturated heterocycles. The Morgan fingerprint density at radius 2 is 2.08 bits per heavy atom. The maximum atomic E-state index is 5.82. The molecule has 24 heavy (non-hydrogen) atoms. The van der Waals surface area contributed by atoms with E-state index in [1.54, 1.807) is 18.4 Å². The molecule has 0 aliphatic rings. The molecule has 128 valence electrons. The lowest BCUT2D eigenvalue weighted by Gasteiger charge is -2.15. The fourth-order valence-electron chi connectivity index (χ4n) is 2.51. The Balaban J connectivity index is 1.73. The van der Waals surface area contributed by atoms with E-state index in [-0.39, 0.29) is 0 Å². The maximum absolute atomic E-state index is 5.82. The Bertz CT molecular complexity index is 820. The number of fused-ring (bicyclic) bond motifs is 1. The molecule has 0 fully saturated rings. The molecule has 3 rings (SSSR count). The Morgan fingerprint density at radius 1 is 1.25 bits per heavy atom. The molecule has 1 aromatic carbocycles. The van der Waals surface area contributed by atoms with Crippen LogP contribution < -0.4 is 4.74 Å². The van der Waals surface area contributed by atoms with Crippen molar-refractivity contribution in [1.29, 1.82) is 0 Å². The molecule has 0 radical (unpaired) electrons. The summed E-state index contributed by atoms with van der Waals surface area (Å²) in [5.74, 6) is 0.853. The van der Waals surface area contributed by atoms with Crippen LogP contribution in [-0.4, -0.2) is 31.3 Å². The van der Waals surface area contributed by atoms with Crippen LogP contribution in [0.25, 0.3) is 21.3 Å². The summed E-state index contributed by atoms with van der Waals surface area (Å²) in [7, 11) is 0.672. The van der Waals surface area contributed by atoms with E-state index in [9.17, 15) is 0 Å². The number of thiazole rings is 1. The molecule has 0 unspecified atom stereocenters. The van der Waals surface area contributed by atoms with Crippen molar-refractivity contribution >= 4 is 29.6 Å². The van der Waals surface area contributed by atoms with Crippen LogP contribution in [0.1, 0.15) is 0 Å². The number of hydrogen-bond acceptors (Lipinski definition) is 4. The predicted octanol–water partition coefficient (Wildman–Crippen LogP) is 5.09. The number of methoxy groups -OCH3 is 1. The van der Waals surface area contributed by atoms with Gasteiger partial charge in [-0.2, -0.15) is 0 Å². The molecule has 0 saturated carbocycles. The molecule has 0 N–H and O–H groups in total. The van der Waals surface area contributed by atoms with Crippen molar-refractivity contribution in [2.24, 2.45) is 0 Å². The lowest BCUT2D eigenvalue weighted by atomic mass is 10.1. The normalized spacial score (nSPS) is 12.0. The standard InChI is InChI=1S/C18H24N2O2SSi/c1-21-17-10-16-18(23-12-19-16)9-15(17)14-5-6-20(11-14)13-22-7-8-24(2,3)4/h5-6,9-12H,7-8,13H2,1-4H3. The molecule has 0 bridgehead atoms. The third kappa shape index (κ3) is 4.06. The van der Waals surface area contributed by atoms with Crippen LogP contribution in [0, 0.1) is 0 Å². The van der Waals surface area contributed by atoms with E-state index in [1.807, 2.05) is 11.6 Å². The van der Waals surface area contributed by atoms with Gasteiger partial charge in [-0.25, -0.2) is 4.98 Å². The van der Waals surface area contributed by atoms with Crippen LogP contribution in [0.2, 0.25) is 25.7 Å². The Morgan fingerprint density at radius 3 is 2.83 bits per heavy atom. The quantitative estimate of drug-likeness (QED) is 0.435. The average molecular weight is 361 g/mol. The first-order chi connectivity index (χ1) is 11.5. The second-order valence-corrected chi connectivity index (χ2v) is 13.6. The highest BCUT2D eigenvalue weighted by Gasteiger charge is 2.13. The zero-order valence-corrected chi connectivity index (χ0v) is 16.5. The molecular weight excluding hydrogens is 336 g/mol. The fourth-order valence-corrected chi connectivity index (χ4v) is 3.96. The molecule has 6 heteroatoms. The molecule has 0 atom stereocenters. The summed E-state index contributed by atoms with van der Waals surface area (Å²) in [5, 5.41) is 0. The van der Waals surface area contributed by atoms with Crippen molar-refractivity contribution in [3.05, 3.63) is 36.1 Å².